The Balaban J connectivity index is 1.56. The summed E-state index contributed by atoms with van der Waals surface area (Å²) in [7, 11) is 4.79. The normalized spacial score (nSPS) is 14.9. The van der Waals surface area contributed by atoms with E-state index >= 15 is 0 Å². The molecule has 0 spiro atoms. The molecule has 0 aliphatic carbocycles. The van der Waals surface area contributed by atoms with Gasteiger partial charge in [0.1, 0.15) is 23.6 Å². The standard InChI is InChI=1S/C32H35ClF3N9O5/c1-6-18-15-43(31(49)25-22(46)13-38-41-30(25)50-5)10-11-44(18)27-21(7-2)45(29-26(28(27)48)40-23(14-37-29)42(3)4)16-24(47)39-20-9-8-17(12-19(20)33)32(34,35)36/h8-9,12-14,18H,6-7,10-11,15-16H2,1-5H3,(H,39,47)(H,41,46). The first-order chi connectivity index (χ1) is 23.7. The number of nitrogens with one attached hydrogen (secondary N) is 2. The number of hydrogen-bond acceptors (Lipinski definition) is 10. The van der Waals surface area contributed by atoms with Crippen molar-refractivity contribution < 1.29 is 27.5 Å². The SMILES string of the molecule is CCc1c(N2CCN(C(=O)c3c(OC)[nH]ncc3=O)CC2CC)c(=O)c2nc(N(C)C)cnc2n1CC(=O)Nc1ccc(C(F)(F)F)cc1Cl. The zero-order valence-electron chi connectivity index (χ0n) is 27.9. The lowest BCUT2D eigenvalue weighted by molar-refractivity contribution is -0.137. The molecule has 1 saturated heterocycles. The van der Waals surface area contributed by atoms with Gasteiger partial charge < -0.3 is 29.3 Å². The van der Waals surface area contributed by atoms with Gasteiger partial charge in [-0.25, -0.2) is 15.1 Å². The number of H-pyrrole nitrogens is 1. The van der Waals surface area contributed by atoms with Gasteiger partial charge in [0.25, 0.3) is 5.91 Å². The van der Waals surface area contributed by atoms with E-state index in [1.54, 1.807) is 23.6 Å². The van der Waals surface area contributed by atoms with E-state index in [9.17, 15) is 32.3 Å². The first kappa shape index (κ1) is 36.1. The number of amides is 2. The van der Waals surface area contributed by atoms with E-state index < -0.39 is 34.4 Å². The van der Waals surface area contributed by atoms with Crippen LogP contribution in [0.5, 0.6) is 5.88 Å². The number of aromatic nitrogens is 5. The molecule has 1 aromatic carbocycles. The highest BCUT2D eigenvalue weighted by atomic mass is 35.5. The van der Waals surface area contributed by atoms with Crippen LogP contribution in [0.2, 0.25) is 5.02 Å². The number of nitrogens with zero attached hydrogens (tertiary/aromatic N) is 7. The highest BCUT2D eigenvalue weighted by Crippen LogP contribution is 2.34. The van der Waals surface area contributed by atoms with Crippen LogP contribution in [0.15, 0.2) is 40.2 Å². The third kappa shape index (κ3) is 6.94. The first-order valence-corrected chi connectivity index (χ1v) is 16.0. The Kier molecular flexibility index (Phi) is 10.4. The van der Waals surface area contributed by atoms with Gasteiger partial charge in [-0.2, -0.15) is 18.3 Å². The van der Waals surface area contributed by atoms with Crippen molar-refractivity contribution in [3.05, 3.63) is 72.9 Å². The van der Waals surface area contributed by atoms with Crippen molar-refractivity contribution in [3.8, 4) is 5.88 Å². The molecule has 1 unspecified atom stereocenters. The van der Waals surface area contributed by atoms with Crippen molar-refractivity contribution in [1.82, 2.24) is 29.6 Å². The molecule has 50 heavy (non-hydrogen) atoms. The van der Waals surface area contributed by atoms with Crippen molar-refractivity contribution in [2.45, 2.75) is 45.5 Å². The van der Waals surface area contributed by atoms with Crippen LogP contribution < -0.4 is 30.7 Å². The molecule has 4 heterocycles. The molecule has 1 fully saturated rings. The third-order valence-electron chi connectivity index (χ3n) is 8.46. The maximum absolute atomic E-state index is 14.4. The van der Waals surface area contributed by atoms with E-state index in [4.69, 9.17) is 16.3 Å². The van der Waals surface area contributed by atoms with Crippen LogP contribution in [0.1, 0.15) is 41.9 Å². The Bertz CT molecular complexity index is 2070. The fourth-order valence-electron chi connectivity index (χ4n) is 5.96. The van der Waals surface area contributed by atoms with Crippen LogP contribution in [0.25, 0.3) is 11.2 Å². The van der Waals surface area contributed by atoms with Gasteiger partial charge in [-0.15, -0.1) is 0 Å². The van der Waals surface area contributed by atoms with Crippen LogP contribution >= 0.6 is 11.6 Å². The molecule has 1 aliphatic heterocycles. The van der Waals surface area contributed by atoms with Crippen molar-refractivity contribution >= 4 is 51.8 Å². The zero-order chi connectivity index (χ0) is 36.5. The summed E-state index contributed by atoms with van der Waals surface area (Å²) in [6.45, 7) is 3.86. The van der Waals surface area contributed by atoms with Crippen LogP contribution in [-0.2, 0) is 23.9 Å². The van der Waals surface area contributed by atoms with Crippen molar-refractivity contribution in [3.63, 3.8) is 0 Å². The second-order valence-corrected chi connectivity index (χ2v) is 12.2. The van der Waals surface area contributed by atoms with Gasteiger partial charge in [-0.05, 0) is 31.0 Å². The maximum atomic E-state index is 14.4. The van der Waals surface area contributed by atoms with Crippen molar-refractivity contribution in [2.24, 2.45) is 0 Å². The van der Waals surface area contributed by atoms with Crippen LogP contribution in [-0.4, -0.2) is 88.3 Å². The van der Waals surface area contributed by atoms with Gasteiger partial charge in [0.2, 0.25) is 22.6 Å². The number of pyridine rings is 1. The number of halogens is 4. The summed E-state index contributed by atoms with van der Waals surface area (Å²) in [5.41, 5.74) is -1.29. The largest absolute Gasteiger partial charge is 0.481 e. The monoisotopic (exact) mass is 717 g/mol. The Hall–Kier alpha value is -5.19. The van der Waals surface area contributed by atoms with E-state index in [1.807, 2.05) is 18.7 Å². The zero-order valence-corrected chi connectivity index (χ0v) is 28.6. The fraction of sp³-hybridized carbons (Fsp3) is 0.406. The van der Waals surface area contributed by atoms with Gasteiger partial charge in [0, 0.05) is 45.5 Å². The Labute approximate surface area is 288 Å². The molecule has 14 nitrogen and oxygen atoms in total. The van der Waals surface area contributed by atoms with Gasteiger partial charge in [-0.3, -0.25) is 19.2 Å². The second-order valence-electron chi connectivity index (χ2n) is 11.7. The minimum atomic E-state index is -4.61. The van der Waals surface area contributed by atoms with E-state index in [2.05, 4.69) is 25.5 Å². The molecule has 3 aromatic heterocycles. The molecule has 2 amide bonds. The number of fused-ring (bicyclic) bond motifs is 1. The fourth-order valence-corrected chi connectivity index (χ4v) is 6.19. The summed E-state index contributed by atoms with van der Waals surface area (Å²) in [5, 5.41) is 8.50. The molecule has 0 saturated carbocycles. The number of methoxy groups -OCH3 is 1. The summed E-state index contributed by atoms with van der Waals surface area (Å²) in [6.07, 6.45) is -1.36. The minimum absolute atomic E-state index is 0.00479. The van der Waals surface area contributed by atoms with Crippen molar-refractivity contribution in [2.75, 3.05) is 56.0 Å². The van der Waals surface area contributed by atoms with Crippen molar-refractivity contribution in [1.29, 1.82) is 0 Å². The summed E-state index contributed by atoms with van der Waals surface area (Å²) in [4.78, 5) is 68.2. The number of hydrogen-bond donors (Lipinski definition) is 2. The number of aromatic amines is 1. The molecule has 1 atom stereocenters. The number of carbonyl (C=O) groups is 2. The average Bonchev–Trinajstić information content (AvgIpc) is 3.08. The predicted molar refractivity (Wildman–Crippen MR) is 181 cm³/mol. The number of benzene rings is 1. The third-order valence-corrected chi connectivity index (χ3v) is 8.77. The van der Waals surface area contributed by atoms with E-state index in [0.717, 1.165) is 24.4 Å². The Morgan fingerprint density at radius 3 is 2.52 bits per heavy atom. The molecule has 4 aromatic rings. The number of ether oxygens (including phenoxy) is 1. The van der Waals surface area contributed by atoms with Gasteiger partial charge in [0.15, 0.2) is 11.2 Å². The highest BCUT2D eigenvalue weighted by molar-refractivity contribution is 6.33. The number of piperazine rings is 1. The van der Waals surface area contributed by atoms with E-state index in [-0.39, 0.29) is 77.6 Å². The quantitative estimate of drug-likeness (QED) is 0.262. The summed E-state index contributed by atoms with van der Waals surface area (Å²) in [6, 6.07) is 2.24. The first-order valence-electron chi connectivity index (χ1n) is 15.6. The summed E-state index contributed by atoms with van der Waals surface area (Å²) < 4.78 is 46.3. The van der Waals surface area contributed by atoms with Gasteiger partial charge >= 0.3 is 6.18 Å². The van der Waals surface area contributed by atoms with Gasteiger partial charge in [-0.1, -0.05) is 25.4 Å². The number of alkyl halides is 3. The van der Waals surface area contributed by atoms with Crippen LogP contribution in [0.3, 0.4) is 0 Å². The maximum Gasteiger partial charge on any atom is 0.416 e. The molecule has 18 heteroatoms. The minimum Gasteiger partial charge on any atom is -0.481 e. The predicted octanol–water partition coefficient (Wildman–Crippen LogP) is 3.56. The highest BCUT2D eigenvalue weighted by Gasteiger charge is 2.35. The molecule has 266 valence electrons. The van der Waals surface area contributed by atoms with Crippen LogP contribution in [0.4, 0.5) is 30.4 Å². The molecular weight excluding hydrogens is 683 g/mol. The molecule has 5 rings (SSSR count). The Morgan fingerprint density at radius 2 is 1.90 bits per heavy atom. The Morgan fingerprint density at radius 1 is 1.16 bits per heavy atom. The summed E-state index contributed by atoms with van der Waals surface area (Å²) >= 11 is 6.11. The lowest BCUT2D eigenvalue weighted by atomic mass is 10.0. The van der Waals surface area contributed by atoms with E-state index in [0.29, 0.717) is 17.9 Å². The number of anilines is 3. The molecular formula is C32H35ClF3N9O5. The second kappa shape index (κ2) is 14.3. The van der Waals surface area contributed by atoms with Gasteiger partial charge in [0.05, 0.1) is 35.8 Å². The molecule has 0 radical (unpaired) electrons. The lowest BCUT2D eigenvalue weighted by Crippen LogP contribution is -2.56. The average molecular weight is 718 g/mol. The number of rotatable bonds is 9. The molecule has 0 bridgehead atoms. The number of carbonyl (C=O) groups excluding carboxylic acids is 2. The topological polar surface area (TPSA) is 159 Å². The smallest absolute Gasteiger partial charge is 0.416 e. The summed E-state index contributed by atoms with van der Waals surface area (Å²) in [5.74, 6) is -0.837. The molecule has 1 aliphatic rings. The van der Waals surface area contributed by atoms with E-state index in [1.165, 1.54) is 18.2 Å². The molecule has 2 N–H and O–H groups in total. The van der Waals surface area contributed by atoms with Crippen LogP contribution in [0, 0.1) is 0 Å². The lowest BCUT2D eigenvalue weighted by Gasteiger charge is -2.43.